The quantitative estimate of drug-likeness (QED) is 0.135. The Morgan fingerprint density at radius 2 is 1.98 bits per heavy atom. The molecule has 3 aliphatic rings. The molecule has 2 fully saturated rings. The number of rotatable bonds is 10. The smallest absolute Gasteiger partial charge is 0.455 e. The summed E-state index contributed by atoms with van der Waals surface area (Å²) in [6.07, 6.45) is 5.99. The van der Waals surface area contributed by atoms with Gasteiger partial charge in [0.2, 0.25) is 11.8 Å². The molecule has 2 saturated heterocycles. The Morgan fingerprint density at radius 1 is 1.17 bits per heavy atom. The number of aliphatic hydroxyl groups is 1. The molecule has 0 unspecified atom stereocenters. The number of imide groups is 1. The number of amides is 2. The van der Waals surface area contributed by atoms with E-state index >= 15 is 0 Å². The third-order valence-corrected chi connectivity index (χ3v) is 8.52. The lowest BCUT2D eigenvalue weighted by Crippen LogP contribution is -2.46. The van der Waals surface area contributed by atoms with Crippen LogP contribution in [0.3, 0.4) is 0 Å². The second-order valence-corrected chi connectivity index (χ2v) is 11.0. The minimum absolute atomic E-state index is 0.165. The van der Waals surface area contributed by atoms with Crippen molar-refractivity contribution in [3.05, 3.63) is 74.8 Å². The van der Waals surface area contributed by atoms with Gasteiger partial charge in [-0.15, -0.1) is 0 Å². The average Bonchev–Trinajstić information content (AvgIpc) is 3.52. The van der Waals surface area contributed by atoms with Gasteiger partial charge < -0.3 is 19.2 Å². The van der Waals surface area contributed by atoms with Gasteiger partial charge in [-0.1, -0.05) is 37.5 Å². The van der Waals surface area contributed by atoms with Gasteiger partial charge in [0.1, 0.15) is 18.1 Å². The van der Waals surface area contributed by atoms with Crippen molar-refractivity contribution in [2.24, 2.45) is 17.8 Å². The molecule has 1 aromatic carbocycles. The summed E-state index contributed by atoms with van der Waals surface area (Å²) < 4.78 is 11.7. The van der Waals surface area contributed by atoms with E-state index < -0.39 is 30.0 Å². The second kappa shape index (κ2) is 12.1. The predicted molar refractivity (Wildman–Crippen MR) is 152 cm³/mol. The normalized spacial score (nSPS) is 24.6. The minimum atomic E-state index is -1.07. The molecule has 2 aromatic rings. The molecular formula is C30H35BN2O8. The molecule has 4 atom stereocenters. The third kappa shape index (κ3) is 5.66. The van der Waals surface area contributed by atoms with Crippen LogP contribution in [0.2, 0.25) is 6.32 Å². The van der Waals surface area contributed by atoms with E-state index in [9.17, 15) is 29.8 Å². The number of aliphatic hydroxyl groups excluding tert-OH is 1. The first-order valence-electron chi connectivity index (χ1n) is 14.3. The molecule has 41 heavy (non-hydrogen) atoms. The molecule has 0 saturated carbocycles. The minimum Gasteiger partial charge on any atom is -0.459 e. The number of fused-ring (bicyclic) bond motifs is 3. The van der Waals surface area contributed by atoms with E-state index in [-0.39, 0.29) is 42.0 Å². The van der Waals surface area contributed by atoms with Crippen LogP contribution < -0.4 is 4.90 Å². The molecule has 0 radical (unpaired) electrons. The summed E-state index contributed by atoms with van der Waals surface area (Å²) in [5.41, 5.74) is 3.25. The summed E-state index contributed by atoms with van der Waals surface area (Å²) in [6, 6.07) is 9.17. The van der Waals surface area contributed by atoms with Gasteiger partial charge in [-0.2, -0.15) is 0 Å². The number of allylic oxidation sites excluding steroid dienone is 2. The number of benzene rings is 1. The molecule has 2 amide bonds. The SMILES string of the molecule is CCC/C(=C\c1ccc(CO)o1)CC[C@H]1OB(O)C[C@H]2C1=C(CC)C[C@H]1C(=O)N(c3cccc([N+](=O)[O-])c3)C(=O)[C@H]12. The summed E-state index contributed by atoms with van der Waals surface area (Å²) in [5.74, 6) is -1.14. The molecule has 5 rings (SSSR count). The molecular weight excluding hydrogens is 527 g/mol. The topological polar surface area (TPSA) is 143 Å². The number of nitrogens with zero attached hydrogens (tertiary/aromatic N) is 2. The van der Waals surface area contributed by atoms with Gasteiger partial charge in [0.25, 0.3) is 5.69 Å². The number of hydrogen-bond donors (Lipinski definition) is 2. The Labute approximate surface area is 239 Å². The Morgan fingerprint density at radius 3 is 2.66 bits per heavy atom. The molecule has 1 aromatic heterocycles. The van der Waals surface area contributed by atoms with Gasteiger partial charge in [-0.05, 0) is 74.2 Å². The van der Waals surface area contributed by atoms with Crippen molar-refractivity contribution in [3.63, 3.8) is 0 Å². The lowest BCUT2D eigenvalue weighted by atomic mass is 9.58. The highest BCUT2D eigenvalue weighted by Gasteiger charge is 2.57. The number of nitro groups is 1. The summed E-state index contributed by atoms with van der Waals surface area (Å²) in [6.45, 7) is 3.96. The summed E-state index contributed by atoms with van der Waals surface area (Å²) in [7, 11) is -1.07. The summed E-state index contributed by atoms with van der Waals surface area (Å²) >= 11 is 0. The van der Waals surface area contributed by atoms with E-state index in [1.807, 2.05) is 19.1 Å². The van der Waals surface area contributed by atoms with Gasteiger partial charge in [0, 0.05) is 12.1 Å². The van der Waals surface area contributed by atoms with Gasteiger partial charge in [-0.3, -0.25) is 19.7 Å². The molecule has 0 bridgehead atoms. The molecule has 10 nitrogen and oxygen atoms in total. The van der Waals surface area contributed by atoms with Crippen molar-refractivity contribution < 1.29 is 33.7 Å². The van der Waals surface area contributed by atoms with E-state index in [1.165, 1.54) is 18.2 Å². The van der Waals surface area contributed by atoms with Crippen LogP contribution >= 0.6 is 0 Å². The van der Waals surface area contributed by atoms with Gasteiger partial charge in [0.15, 0.2) is 0 Å². The number of carbonyl (C=O) groups excluding carboxylic acids is 2. The highest BCUT2D eigenvalue weighted by Crippen LogP contribution is 2.52. The van der Waals surface area contributed by atoms with Crippen molar-refractivity contribution >= 4 is 36.4 Å². The lowest BCUT2D eigenvalue weighted by molar-refractivity contribution is -0.384. The molecule has 0 spiro atoms. The van der Waals surface area contributed by atoms with Crippen molar-refractivity contribution in [1.82, 2.24) is 0 Å². The second-order valence-electron chi connectivity index (χ2n) is 11.0. The zero-order chi connectivity index (χ0) is 29.3. The molecule has 11 heteroatoms. The third-order valence-electron chi connectivity index (χ3n) is 8.52. The maximum atomic E-state index is 13.8. The number of furan rings is 1. The number of hydrogen-bond acceptors (Lipinski definition) is 8. The van der Waals surface area contributed by atoms with Crippen LogP contribution in [0.15, 0.2) is 57.5 Å². The van der Waals surface area contributed by atoms with E-state index in [2.05, 4.69) is 6.92 Å². The highest BCUT2D eigenvalue weighted by molar-refractivity contribution is 6.43. The molecule has 1 aliphatic carbocycles. The Bertz CT molecular complexity index is 1400. The Balaban J connectivity index is 1.42. The Hall–Kier alpha value is -3.54. The first-order valence-corrected chi connectivity index (χ1v) is 14.3. The first kappa shape index (κ1) is 29.0. The fourth-order valence-corrected chi connectivity index (χ4v) is 6.77. The van der Waals surface area contributed by atoms with Crippen LogP contribution in [0, 0.1) is 27.9 Å². The van der Waals surface area contributed by atoms with Gasteiger partial charge in [-0.25, -0.2) is 4.90 Å². The van der Waals surface area contributed by atoms with E-state index in [0.29, 0.717) is 37.2 Å². The van der Waals surface area contributed by atoms with Crippen molar-refractivity contribution in [3.8, 4) is 0 Å². The van der Waals surface area contributed by atoms with Crippen LogP contribution in [0.5, 0.6) is 0 Å². The number of non-ortho nitro benzene ring substituents is 1. The number of anilines is 1. The first-order chi connectivity index (χ1) is 19.7. The maximum Gasteiger partial charge on any atom is 0.455 e. The fraction of sp³-hybridized carbons (Fsp3) is 0.467. The fourth-order valence-electron chi connectivity index (χ4n) is 6.77. The molecule has 2 aliphatic heterocycles. The van der Waals surface area contributed by atoms with E-state index in [4.69, 9.17) is 9.07 Å². The van der Waals surface area contributed by atoms with Crippen molar-refractivity contribution in [2.45, 2.75) is 71.4 Å². The van der Waals surface area contributed by atoms with Gasteiger partial charge in [0.05, 0.1) is 28.6 Å². The van der Waals surface area contributed by atoms with Crippen molar-refractivity contribution in [1.29, 1.82) is 0 Å². The highest BCUT2D eigenvalue weighted by atomic mass is 16.6. The largest absolute Gasteiger partial charge is 0.459 e. The van der Waals surface area contributed by atoms with E-state index in [0.717, 1.165) is 34.5 Å². The molecule has 3 heterocycles. The lowest BCUT2D eigenvalue weighted by Gasteiger charge is -2.43. The maximum absolute atomic E-state index is 13.8. The predicted octanol–water partition coefficient (Wildman–Crippen LogP) is 5.06. The Kier molecular flexibility index (Phi) is 8.58. The van der Waals surface area contributed by atoms with Crippen LogP contribution in [0.4, 0.5) is 11.4 Å². The summed E-state index contributed by atoms with van der Waals surface area (Å²) in [5, 5.41) is 31.4. The van der Waals surface area contributed by atoms with Crippen LogP contribution in [-0.4, -0.2) is 40.1 Å². The van der Waals surface area contributed by atoms with Crippen LogP contribution in [0.1, 0.15) is 63.9 Å². The zero-order valence-corrected chi connectivity index (χ0v) is 23.3. The standard InChI is InChI=1S/C30H35BN2O8/c1-3-6-18(13-22-10-11-23(17-34)40-22)9-12-26-27-19(4-2)14-24-28(25(27)16-31(37)41-26)30(36)32(29(24)35)20-7-5-8-21(15-20)33(38)39/h5,7-8,10-11,13,15,24-26,28,34,37H,3-4,6,9,12,14,16-17H2,1-2H3/b18-13+/t24-,25+,26-,28-/m1/s1. The molecule has 2 N–H and O–H groups in total. The van der Waals surface area contributed by atoms with Gasteiger partial charge >= 0.3 is 7.12 Å². The number of nitro benzene ring substituents is 1. The summed E-state index contributed by atoms with van der Waals surface area (Å²) in [4.78, 5) is 39.3. The monoisotopic (exact) mass is 562 g/mol. The average molecular weight is 562 g/mol. The number of carbonyl (C=O) groups is 2. The zero-order valence-electron chi connectivity index (χ0n) is 23.3. The van der Waals surface area contributed by atoms with Crippen LogP contribution in [0.25, 0.3) is 6.08 Å². The van der Waals surface area contributed by atoms with Crippen LogP contribution in [-0.2, 0) is 20.9 Å². The van der Waals surface area contributed by atoms with Crippen molar-refractivity contribution in [2.75, 3.05) is 4.90 Å². The van der Waals surface area contributed by atoms with E-state index in [1.54, 1.807) is 12.1 Å². The molecule has 216 valence electrons.